The second-order valence-corrected chi connectivity index (χ2v) is 5.10. The van der Waals surface area contributed by atoms with Gasteiger partial charge in [-0.25, -0.2) is 13.2 Å². The molecule has 2 aromatic rings. The van der Waals surface area contributed by atoms with Crippen LogP contribution in [0.5, 0.6) is 0 Å². The third kappa shape index (κ3) is 3.32. The summed E-state index contributed by atoms with van der Waals surface area (Å²) < 4.78 is 40.2. The predicted octanol–water partition coefficient (Wildman–Crippen LogP) is 4.01. The van der Waals surface area contributed by atoms with Gasteiger partial charge in [-0.15, -0.1) is 0 Å². The molecule has 6 heteroatoms. The van der Waals surface area contributed by atoms with Crippen LogP contribution in [0.3, 0.4) is 0 Å². The van der Waals surface area contributed by atoms with E-state index in [1.165, 1.54) is 0 Å². The molecule has 2 rings (SSSR count). The summed E-state index contributed by atoms with van der Waals surface area (Å²) in [7, 11) is 0. The zero-order valence-electron chi connectivity index (χ0n) is 10.2. The topological polar surface area (TPSA) is 32.3 Å². The van der Waals surface area contributed by atoms with Crippen LogP contribution in [0.15, 0.2) is 40.9 Å². The third-order valence-corrected chi connectivity index (χ3v) is 3.30. The molecule has 0 aliphatic heterocycles. The van der Waals surface area contributed by atoms with E-state index in [-0.39, 0.29) is 12.2 Å². The Bertz CT molecular complexity index is 581. The molecule has 0 radical (unpaired) electrons. The van der Waals surface area contributed by atoms with Crippen molar-refractivity contribution in [2.75, 3.05) is 11.9 Å². The van der Waals surface area contributed by atoms with Crippen molar-refractivity contribution in [2.45, 2.75) is 6.04 Å². The van der Waals surface area contributed by atoms with E-state index >= 15 is 0 Å². The molecule has 0 amide bonds. The first kappa shape index (κ1) is 14.9. The number of aliphatic hydroxyl groups is 1. The summed E-state index contributed by atoms with van der Waals surface area (Å²) in [6.07, 6.45) is 0. The van der Waals surface area contributed by atoms with Gasteiger partial charge in [0.25, 0.3) is 0 Å². The predicted molar refractivity (Wildman–Crippen MR) is 73.9 cm³/mol. The first-order chi connectivity index (χ1) is 9.51. The van der Waals surface area contributed by atoms with Crippen LogP contribution >= 0.6 is 15.9 Å². The Balaban J connectivity index is 2.26. The molecule has 1 unspecified atom stereocenters. The Labute approximate surface area is 122 Å². The van der Waals surface area contributed by atoms with E-state index in [1.54, 1.807) is 24.3 Å². The van der Waals surface area contributed by atoms with Gasteiger partial charge in [-0.2, -0.15) is 0 Å². The molecule has 0 saturated heterocycles. The molecule has 106 valence electrons. The van der Waals surface area contributed by atoms with Gasteiger partial charge in [-0.3, -0.25) is 0 Å². The summed E-state index contributed by atoms with van der Waals surface area (Å²) in [5.74, 6) is -4.08. The maximum atomic E-state index is 13.2. The molecule has 0 saturated carbocycles. The maximum absolute atomic E-state index is 13.2. The number of halogens is 4. The van der Waals surface area contributed by atoms with Crippen LogP contribution < -0.4 is 5.32 Å². The molecule has 0 bridgehead atoms. The summed E-state index contributed by atoms with van der Waals surface area (Å²) in [5.41, 5.74) is 0.796. The van der Waals surface area contributed by atoms with Crippen LogP contribution in [-0.4, -0.2) is 11.7 Å². The number of hydrogen-bond acceptors (Lipinski definition) is 2. The third-order valence-electron chi connectivity index (χ3n) is 2.78. The highest BCUT2D eigenvalue weighted by molar-refractivity contribution is 9.10. The second-order valence-electron chi connectivity index (χ2n) is 4.18. The molecule has 0 heterocycles. The molecule has 20 heavy (non-hydrogen) atoms. The minimum absolute atomic E-state index is 0.131. The monoisotopic (exact) mass is 345 g/mol. The van der Waals surface area contributed by atoms with Crippen LogP contribution in [0.1, 0.15) is 11.6 Å². The molecule has 2 N–H and O–H groups in total. The summed E-state index contributed by atoms with van der Waals surface area (Å²) in [6.45, 7) is -0.388. The first-order valence-corrected chi connectivity index (χ1v) is 6.58. The quantitative estimate of drug-likeness (QED) is 0.820. The van der Waals surface area contributed by atoms with Crippen LogP contribution in [0.4, 0.5) is 18.9 Å². The van der Waals surface area contributed by atoms with Gasteiger partial charge in [-0.1, -0.05) is 15.9 Å². The van der Waals surface area contributed by atoms with Gasteiger partial charge in [-0.05, 0) is 42.0 Å². The number of nitrogens with one attached hydrogen (secondary N) is 1. The smallest absolute Gasteiger partial charge is 0.194 e. The Morgan fingerprint density at radius 2 is 1.60 bits per heavy atom. The van der Waals surface area contributed by atoms with E-state index in [9.17, 15) is 18.3 Å². The van der Waals surface area contributed by atoms with Crippen molar-refractivity contribution in [1.29, 1.82) is 0 Å². The molecule has 0 aliphatic carbocycles. The highest BCUT2D eigenvalue weighted by atomic mass is 79.9. The Kier molecular flexibility index (Phi) is 4.67. The molecule has 0 spiro atoms. The Morgan fingerprint density at radius 3 is 2.10 bits per heavy atom. The average Bonchev–Trinajstić information content (AvgIpc) is 2.43. The van der Waals surface area contributed by atoms with E-state index in [0.717, 1.165) is 16.6 Å². The Hall–Kier alpha value is -1.53. The standard InChI is InChI=1S/C14H11BrF3NO/c15-9-1-3-10(4-2-9)19-13(7-20)8-5-11(16)14(18)12(17)6-8/h1-6,13,19-20H,7H2. The van der Waals surface area contributed by atoms with E-state index in [0.29, 0.717) is 5.69 Å². The molecular weight excluding hydrogens is 335 g/mol. The molecule has 1 atom stereocenters. The van der Waals surface area contributed by atoms with Crippen LogP contribution in [0.2, 0.25) is 0 Å². The van der Waals surface area contributed by atoms with Crippen molar-refractivity contribution in [3.8, 4) is 0 Å². The largest absolute Gasteiger partial charge is 0.394 e. The fourth-order valence-electron chi connectivity index (χ4n) is 1.76. The zero-order chi connectivity index (χ0) is 14.7. The number of rotatable bonds is 4. The van der Waals surface area contributed by atoms with Crippen molar-refractivity contribution in [3.63, 3.8) is 0 Å². The summed E-state index contributed by atoms with van der Waals surface area (Å²) in [5, 5.41) is 12.3. The van der Waals surface area contributed by atoms with Gasteiger partial charge in [0.2, 0.25) is 0 Å². The fourth-order valence-corrected chi connectivity index (χ4v) is 2.02. The normalized spacial score (nSPS) is 12.2. The minimum atomic E-state index is -1.52. The number of hydrogen-bond donors (Lipinski definition) is 2. The van der Waals surface area contributed by atoms with E-state index in [4.69, 9.17) is 0 Å². The molecule has 2 aromatic carbocycles. The van der Waals surface area contributed by atoms with Crippen molar-refractivity contribution >= 4 is 21.6 Å². The summed E-state index contributed by atoms with van der Waals surface area (Å²) in [6, 6.07) is 8.04. The van der Waals surface area contributed by atoms with E-state index in [2.05, 4.69) is 21.2 Å². The van der Waals surface area contributed by atoms with Crippen molar-refractivity contribution in [3.05, 3.63) is 63.9 Å². The lowest BCUT2D eigenvalue weighted by molar-refractivity contribution is 0.275. The average molecular weight is 346 g/mol. The van der Waals surface area contributed by atoms with E-state index < -0.39 is 23.5 Å². The van der Waals surface area contributed by atoms with Gasteiger partial charge >= 0.3 is 0 Å². The van der Waals surface area contributed by atoms with Gasteiger partial charge < -0.3 is 10.4 Å². The van der Waals surface area contributed by atoms with Crippen LogP contribution in [0, 0.1) is 17.5 Å². The summed E-state index contributed by atoms with van der Waals surface area (Å²) >= 11 is 3.28. The highest BCUT2D eigenvalue weighted by Gasteiger charge is 2.16. The molecule has 2 nitrogen and oxygen atoms in total. The van der Waals surface area contributed by atoms with E-state index in [1.807, 2.05) is 0 Å². The van der Waals surface area contributed by atoms with Gasteiger partial charge in [0.15, 0.2) is 17.5 Å². The number of anilines is 1. The van der Waals surface area contributed by atoms with Gasteiger partial charge in [0.05, 0.1) is 12.6 Å². The minimum Gasteiger partial charge on any atom is -0.394 e. The lowest BCUT2D eigenvalue weighted by Gasteiger charge is -2.18. The number of aliphatic hydroxyl groups excluding tert-OH is 1. The van der Waals surface area contributed by atoms with Crippen LogP contribution in [-0.2, 0) is 0 Å². The van der Waals surface area contributed by atoms with Crippen molar-refractivity contribution in [2.24, 2.45) is 0 Å². The first-order valence-electron chi connectivity index (χ1n) is 5.78. The van der Waals surface area contributed by atoms with Crippen molar-refractivity contribution in [1.82, 2.24) is 0 Å². The lowest BCUT2D eigenvalue weighted by Crippen LogP contribution is -2.15. The van der Waals surface area contributed by atoms with Crippen LogP contribution in [0.25, 0.3) is 0 Å². The maximum Gasteiger partial charge on any atom is 0.194 e. The molecule has 0 fully saturated rings. The van der Waals surface area contributed by atoms with Crippen molar-refractivity contribution < 1.29 is 18.3 Å². The Morgan fingerprint density at radius 1 is 1.05 bits per heavy atom. The summed E-state index contributed by atoms with van der Waals surface area (Å²) in [4.78, 5) is 0. The molecule has 0 aromatic heterocycles. The zero-order valence-corrected chi connectivity index (χ0v) is 11.8. The SMILES string of the molecule is OCC(Nc1ccc(Br)cc1)c1cc(F)c(F)c(F)c1. The van der Waals surface area contributed by atoms with Gasteiger partial charge in [0.1, 0.15) is 0 Å². The fraction of sp³-hybridized carbons (Fsp3) is 0.143. The molecule has 0 aliphatic rings. The lowest BCUT2D eigenvalue weighted by atomic mass is 10.1. The number of benzene rings is 2. The second kappa shape index (κ2) is 6.28. The highest BCUT2D eigenvalue weighted by Crippen LogP contribution is 2.23. The molecular formula is C14H11BrF3NO. The van der Waals surface area contributed by atoms with Gasteiger partial charge in [0, 0.05) is 10.2 Å².